The minimum absolute atomic E-state index is 0.107. The SMILES string of the molecule is C[C@@H](NC(=O)c1ccc(Br)s1)C(=O)NC[C@@H]1CCCO1. The largest absolute Gasteiger partial charge is 0.376 e. The van der Waals surface area contributed by atoms with Gasteiger partial charge in [-0.05, 0) is 47.8 Å². The Morgan fingerprint density at radius 2 is 2.35 bits per heavy atom. The van der Waals surface area contributed by atoms with E-state index in [1.807, 2.05) is 6.07 Å². The lowest BCUT2D eigenvalue weighted by molar-refractivity contribution is -0.123. The fraction of sp³-hybridized carbons (Fsp3) is 0.538. The Kier molecular flexibility index (Phi) is 5.56. The number of hydrogen-bond donors (Lipinski definition) is 2. The highest BCUT2D eigenvalue weighted by molar-refractivity contribution is 9.11. The van der Waals surface area contributed by atoms with E-state index in [1.165, 1.54) is 11.3 Å². The first-order valence-electron chi connectivity index (χ1n) is 6.52. The summed E-state index contributed by atoms with van der Waals surface area (Å²) < 4.78 is 6.32. The fourth-order valence-electron chi connectivity index (χ4n) is 1.94. The Hall–Kier alpha value is -0.920. The van der Waals surface area contributed by atoms with Crippen LogP contribution in [0.25, 0.3) is 0 Å². The van der Waals surface area contributed by atoms with E-state index < -0.39 is 6.04 Å². The van der Waals surface area contributed by atoms with Crippen molar-refractivity contribution in [1.82, 2.24) is 10.6 Å². The molecule has 1 aliphatic rings. The Labute approximate surface area is 130 Å². The van der Waals surface area contributed by atoms with Crippen molar-refractivity contribution in [2.45, 2.75) is 31.9 Å². The van der Waals surface area contributed by atoms with Crippen LogP contribution in [0.15, 0.2) is 15.9 Å². The molecule has 1 aromatic heterocycles. The number of carbonyl (C=O) groups excluding carboxylic acids is 2. The van der Waals surface area contributed by atoms with E-state index in [0.717, 1.165) is 23.2 Å². The molecule has 1 saturated heterocycles. The molecule has 2 amide bonds. The molecule has 0 radical (unpaired) electrons. The second kappa shape index (κ2) is 7.19. The van der Waals surface area contributed by atoms with Gasteiger partial charge in [0.1, 0.15) is 6.04 Å². The van der Waals surface area contributed by atoms with Gasteiger partial charge >= 0.3 is 0 Å². The quantitative estimate of drug-likeness (QED) is 0.842. The Morgan fingerprint density at radius 1 is 1.55 bits per heavy atom. The zero-order chi connectivity index (χ0) is 14.5. The standard InChI is InChI=1S/C13H17BrN2O3S/c1-8(12(17)15-7-9-3-2-6-19-9)16-13(18)10-4-5-11(14)20-10/h4-5,8-9H,2-3,6-7H2,1H3,(H,15,17)(H,16,18)/t8-,9+/m1/s1. The number of carbonyl (C=O) groups is 2. The van der Waals surface area contributed by atoms with E-state index in [1.54, 1.807) is 13.0 Å². The minimum Gasteiger partial charge on any atom is -0.376 e. The van der Waals surface area contributed by atoms with Crippen molar-refractivity contribution in [2.24, 2.45) is 0 Å². The molecule has 0 saturated carbocycles. The van der Waals surface area contributed by atoms with Crippen LogP contribution in [0.3, 0.4) is 0 Å². The Balaban J connectivity index is 1.76. The van der Waals surface area contributed by atoms with Crippen LogP contribution in [0.4, 0.5) is 0 Å². The van der Waals surface area contributed by atoms with Crippen molar-refractivity contribution < 1.29 is 14.3 Å². The third kappa shape index (κ3) is 4.29. The zero-order valence-electron chi connectivity index (χ0n) is 11.1. The molecule has 20 heavy (non-hydrogen) atoms. The number of halogens is 1. The molecule has 1 aliphatic heterocycles. The fourth-order valence-corrected chi connectivity index (χ4v) is 3.23. The second-order valence-electron chi connectivity index (χ2n) is 4.68. The van der Waals surface area contributed by atoms with Crippen LogP contribution in [0.2, 0.25) is 0 Å². The van der Waals surface area contributed by atoms with E-state index in [4.69, 9.17) is 4.74 Å². The van der Waals surface area contributed by atoms with Crippen LogP contribution in [0, 0.1) is 0 Å². The van der Waals surface area contributed by atoms with Crippen LogP contribution < -0.4 is 10.6 Å². The van der Waals surface area contributed by atoms with Crippen LogP contribution in [0.1, 0.15) is 29.4 Å². The van der Waals surface area contributed by atoms with Gasteiger partial charge in [-0.2, -0.15) is 0 Å². The van der Waals surface area contributed by atoms with Gasteiger partial charge in [0.05, 0.1) is 14.8 Å². The van der Waals surface area contributed by atoms with Crippen molar-refractivity contribution in [2.75, 3.05) is 13.2 Å². The molecule has 2 atom stereocenters. The summed E-state index contributed by atoms with van der Waals surface area (Å²) in [5.41, 5.74) is 0. The average Bonchev–Trinajstić information content (AvgIpc) is 3.06. The predicted molar refractivity (Wildman–Crippen MR) is 80.9 cm³/mol. The summed E-state index contributed by atoms with van der Waals surface area (Å²) in [6.07, 6.45) is 2.12. The molecule has 7 heteroatoms. The van der Waals surface area contributed by atoms with Gasteiger partial charge < -0.3 is 15.4 Å². The summed E-state index contributed by atoms with van der Waals surface area (Å²) in [5, 5.41) is 5.48. The van der Waals surface area contributed by atoms with Crippen molar-refractivity contribution in [1.29, 1.82) is 0 Å². The van der Waals surface area contributed by atoms with Crippen molar-refractivity contribution >= 4 is 39.1 Å². The van der Waals surface area contributed by atoms with Crippen LogP contribution >= 0.6 is 27.3 Å². The van der Waals surface area contributed by atoms with Crippen LogP contribution in [-0.2, 0) is 9.53 Å². The normalized spacial score (nSPS) is 19.6. The molecule has 0 aliphatic carbocycles. The summed E-state index contributed by atoms with van der Waals surface area (Å²) in [7, 11) is 0. The maximum atomic E-state index is 11.9. The maximum absolute atomic E-state index is 11.9. The monoisotopic (exact) mass is 360 g/mol. The first-order valence-corrected chi connectivity index (χ1v) is 8.12. The summed E-state index contributed by atoms with van der Waals surface area (Å²) in [4.78, 5) is 24.4. The van der Waals surface area contributed by atoms with Gasteiger partial charge in [-0.1, -0.05) is 0 Å². The van der Waals surface area contributed by atoms with Gasteiger partial charge in [0.2, 0.25) is 5.91 Å². The molecule has 1 aromatic rings. The molecule has 1 fully saturated rings. The summed E-state index contributed by atoms with van der Waals surface area (Å²) in [6.45, 7) is 2.94. The molecule has 110 valence electrons. The lowest BCUT2D eigenvalue weighted by atomic mass is 10.2. The van der Waals surface area contributed by atoms with Crippen molar-refractivity contribution in [3.8, 4) is 0 Å². The van der Waals surface area contributed by atoms with E-state index in [9.17, 15) is 9.59 Å². The third-order valence-electron chi connectivity index (χ3n) is 3.07. The number of rotatable bonds is 5. The lowest BCUT2D eigenvalue weighted by Crippen LogP contribution is -2.46. The minimum atomic E-state index is -0.565. The molecule has 2 heterocycles. The van der Waals surface area contributed by atoms with Crippen LogP contribution in [-0.4, -0.2) is 37.1 Å². The van der Waals surface area contributed by atoms with Gasteiger partial charge in [0.25, 0.3) is 5.91 Å². The van der Waals surface area contributed by atoms with Gasteiger partial charge in [-0.25, -0.2) is 0 Å². The number of ether oxygens (including phenoxy) is 1. The van der Waals surface area contributed by atoms with E-state index >= 15 is 0 Å². The van der Waals surface area contributed by atoms with Gasteiger partial charge in [-0.15, -0.1) is 11.3 Å². The highest BCUT2D eigenvalue weighted by Crippen LogP contribution is 2.21. The molecule has 2 rings (SSSR count). The molecular weight excluding hydrogens is 344 g/mol. The van der Waals surface area contributed by atoms with Crippen molar-refractivity contribution in [3.05, 3.63) is 20.8 Å². The molecular formula is C13H17BrN2O3S. The molecule has 0 spiro atoms. The highest BCUT2D eigenvalue weighted by Gasteiger charge is 2.20. The van der Waals surface area contributed by atoms with E-state index in [0.29, 0.717) is 11.4 Å². The van der Waals surface area contributed by atoms with Crippen molar-refractivity contribution in [3.63, 3.8) is 0 Å². The molecule has 2 N–H and O–H groups in total. The lowest BCUT2D eigenvalue weighted by Gasteiger charge is -2.15. The summed E-state index contributed by atoms with van der Waals surface area (Å²) in [6, 6.07) is 2.97. The highest BCUT2D eigenvalue weighted by atomic mass is 79.9. The zero-order valence-corrected chi connectivity index (χ0v) is 13.6. The molecule has 0 aromatic carbocycles. The molecule has 0 bridgehead atoms. The summed E-state index contributed by atoms with van der Waals surface area (Å²) in [5.74, 6) is -0.426. The molecule has 5 nitrogen and oxygen atoms in total. The second-order valence-corrected chi connectivity index (χ2v) is 7.14. The van der Waals surface area contributed by atoms with E-state index in [-0.39, 0.29) is 17.9 Å². The summed E-state index contributed by atoms with van der Waals surface area (Å²) >= 11 is 4.64. The Bertz CT molecular complexity index is 486. The topological polar surface area (TPSA) is 67.4 Å². The van der Waals surface area contributed by atoms with Crippen LogP contribution in [0.5, 0.6) is 0 Å². The maximum Gasteiger partial charge on any atom is 0.262 e. The molecule has 0 unspecified atom stereocenters. The first-order chi connectivity index (χ1) is 9.56. The number of amides is 2. The number of thiophene rings is 1. The number of nitrogens with one attached hydrogen (secondary N) is 2. The van der Waals surface area contributed by atoms with Gasteiger partial charge in [-0.3, -0.25) is 9.59 Å². The number of hydrogen-bond acceptors (Lipinski definition) is 4. The Morgan fingerprint density at radius 3 is 2.95 bits per heavy atom. The first kappa shape index (κ1) is 15.5. The smallest absolute Gasteiger partial charge is 0.262 e. The average molecular weight is 361 g/mol. The predicted octanol–water partition coefficient (Wildman–Crippen LogP) is 1.92. The van der Waals surface area contributed by atoms with Gasteiger partial charge in [0.15, 0.2) is 0 Å². The van der Waals surface area contributed by atoms with E-state index in [2.05, 4.69) is 26.6 Å². The van der Waals surface area contributed by atoms with Gasteiger partial charge in [0, 0.05) is 13.2 Å². The third-order valence-corrected chi connectivity index (χ3v) is 4.69.